The summed E-state index contributed by atoms with van der Waals surface area (Å²) in [5.74, 6) is 0. The largest absolute Gasteiger partial charge is 0.261 e. The topological polar surface area (TPSA) is 34.1 Å². The summed E-state index contributed by atoms with van der Waals surface area (Å²) >= 11 is 0. The molecular formula is C11H12ClFO2S. The Balaban J connectivity index is 2.75. The van der Waals surface area contributed by atoms with Crippen molar-refractivity contribution in [2.45, 2.75) is 36.8 Å². The summed E-state index contributed by atoms with van der Waals surface area (Å²) in [6, 6.07) is 4.73. The Morgan fingerprint density at radius 3 is 2.75 bits per heavy atom. The predicted octanol–water partition coefficient (Wildman–Crippen LogP) is 3.14. The lowest BCUT2D eigenvalue weighted by atomic mass is 9.82. The number of fused-ring (bicyclic) bond motifs is 1. The highest BCUT2D eigenvalue weighted by atomic mass is 35.7. The summed E-state index contributed by atoms with van der Waals surface area (Å²) in [6.45, 7) is 1.41. The molecular weight excluding hydrogens is 251 g/mol. The fraction of sp³-hybridized carbons (Fsp3) is 0.455. The third kappa shape index (κ3) is 1.96. The van der Waals surface area contributed by atoms with Gasteiger partial charge in [-0.05, 0) is 37.8 Å². The third-order valence-corrected chi connectivity index (χ3v) is 4.35. The van der Waals surface area contributed by atoms with E-state index in [1.807, 2.05) is 0 Å². The molecule has 0 fully saturated rings. The Hall–Kier alpha value is -0.610. The van der Waals surface area contributed by atoms with Crippen LogP contribution >= 0.6 is 10.7 Å². The molecule has 0 aliphatic heterocycles. The van der Waals surface area contributed by atoms with Gasteiger partial charge in [0.25, 0.3) is 9.05 Å². The Bertz CT molecular complexity index is 523. The first-order chi connectivity index (χ1) is 7.32. The predicted molar refractivity (Wildman–Crippen MR) is 60.9 cm³/mol. The molecule has 1 aromatic carbocycles. The molecule has 0 spiro atoms. The molecule has 0 aromatic heterocycles. The van der Waals surface area contributed by atoms with E-state index >= 15 is 0 Å². The number of alkyl halides is 1. The zero-order chi connectivity index (χ0) is 12.0. The maximum atomic E-state index is 14.3. The highest BCUT2D eigenvalue weighted by molar-refractivity contribution is 8.13. The van der Waals surface area contributed by atoms with Crippen molar-refractivity contribution in [2.24, 2.45) is 0 Å². The van der Waals surface area contributed by atoms with Crippen molar-refractivity contribution in [3.63, 3.8) is 0 Å². The van der Waals surface area contributed by atoms with Gasteiger partial charge in [-0.1, -0.05) is 12.1 Å². The smallest absolute Gasteiger partial charge is 0.239 e. The SMILES string of the molecule is CC1(F)CCCc2cccc(S(=O)(=O)Cl)c21. The van der Waals surface area contributed by atoms with E-state index in [1.165, 1.54) is 13.0 Å². The summed E-state index contributed by atoms with van der Waals surface area (Å²) in [5, 5.41) is 0. The van der Waals surface area contributed by atoms with Gasteiger partial charge in [0, 0.05) is 16.2 Å². The number of hydrogen-bond donors (Lipinski definition) is 0. The molecule has 0 N–H and O–H groups in total. The van der Waals surface area contributed by atoms with Gasteiger partial charge in [-0.2, -0.15) is 0 Å². The lowest BCUT2D eigenvalue weighted by Gasteiger charge is -2.30. The number of halogens is 2. The van der Waals surface area contributed by atoms with Crippen molar-refractivity contribution in [3.8, 4) is 0 Å². The van der Waals surface area contributed by atoms with Crippen molar-refractivity contribution in [2.75, 3.05) is 0 Å². The molecule has 2 rings (SSSR count). The molecule has 0 saturated heterocycles. The van der Waals surface area contributed by atoms with Crippen LogP contribution in [0.4, 0.5) is 4.39 Å². The quantitative estimate of drug-likeness (QED) is 0.729. The Morgan fingerprint density at radius 1 is 1.44 bits per heavy atom. The van der Waals surface area contributed by atoms with E-state index in [0.29, 0.717) is 12.8 Å². The van der Waals surface area contributed by atoms with E-state index in [0.717, 1.165) is 12.0 Å². The van der Waals surface area contributed by atoms with Crippen LogP contribution in [0.3, 0.4) is 0 Å². The highest BCUT2D eigenvalue weighted by Crippen LogP contribution is 2.42. The second kappa shape index (κ2) is 3.70. The third-order valence-electron chi connectivity index (χ3n) is 2.99. The first-order valence-corrected chi connectivity index (χ1v) is 7.39. The number of hydrogen-bond acceptors (Lipinski definition) is 2. The van der Waals surface area contributed by atoms with Gasteiger partial charge in [0.1, 0.15) is 5.67 Å². The fourth-order valence-corrected chi connectivity index (χ4v) is 3.53. The van der Waals surface area contributed by atoms with Crippen LogP contribution in [-0.2, 0) is 21.1 Å². The van der Waals surface area contributed by atoms with Crippen LogP contribution in [-0.4, -0.2) is 8.42 Å². The lowest BCUT2D eigenvalue weighted by molar-refractivity contribution is 0.158. The van der Waals surface area contributed by atoms with E-state index in [-0.39, 0.29) is 10.5 Å². The molecule has 1 unspecified atom stereocenters. The molecule has 1 atom stereocenters. The van der Waals surface area contributed by atoms with Crippen LogP contribution in [0.15, 0.2) is 23.1 Å². The summed E-state index contributed by atoms with van der Waals surface area (Å²) < 4.78 is 37.1. The van der Waals surface area contributed by atoms with E-state index < -0.39 is 14.7 Å². The van der Waals surface area contributed by atoms with E-state index in [2.05, 4.69) is 0 Å². The molecule has 0 saturated carbocycles. The van der Waals surface area contributed by atoms with E-state index in [9.17, 15) is 12.8 Å². The Morgan fingerprint density at radius 2 is 2.12 bits per heavy atom. The van der Waals surface area contributed by atoms with Crippen LogP contribution in [0.1, 0.15) is 30.9 Å². The summed E-state index contributed by atoms with van der Waals surface area (Å²) in [7, 11) is 1.45. The summed E-state index contributed by atoms with van der Waals surface area (Å²) in [6.07, 6.45) is 1.77. The molecule has 0 heterocycles. The standard InChI is InChI=1S/C11H12ClFO2S/c1-11(13)7-3-5-8-4-2-6-9(10(8)11)16(12,14)15/h2,4,6H,3,5,7H2,1H3. The second-order valence-electron chi connectivity index (χ2n) is 4.28. The van der Waals surface area contributed by atoms with E-state index in [4.69, 9.17) is 10.7 Å². The first kappa shape index (κ1) is 11.9. The summed E-state index contributed by atoms with van der Waals surface area (Å²) in [5.41, 5.74) is -0.610. The fourth-order valence-electron chi connectivity index (χ4n) is 2.32. The van der Waals surface area contributed by atoms with Gasteiger partial charge in [-0.25, -0.2) is 12.8 Å². The first-order valence-electron chi connectivity index (χ1n) is 5.08. The number of aryl methyl sites for hydroxylation is 1. The number of benzene rings is 1. The minimum atomic E-state index is -3.88. The second-order valence-corrected chi connectivity index (χ2v) is 6.81. The van der Waals surface area contributed by atoms with Crippen LogP contribution in [0.5, 0.6) is 0 Å². The van der Waals surface area contributed by atoms with Crippen LogP contribution in [0, 0.1) is 0 Å². The van der Waals surface area contributed by atoms with Crippen molar-refractivity contribution in [3.05, 3.63) is 29.3 Å². The molecule has 1 aromatic rings. The van der Waals surface area contributed by atoms with Crippen molar-refractivity contribution >= 4 is 19.7 Å². The maximum absolute atomic E-state index is 14.3. The average Bonchev–Trinajstić information content (AvgIpc) is 2.15. The van der Waals surface area contributed by atoms with Crippen molar-refractivity contribution in [1.82, 2.24) is 0 Å². The molecule has 1 aliphatic carbocycles. The van der Waals surface area contributed by atoms with Gasteiger partial charge in [0.05, 0.1) is 4.90 Å². The van der Waals surface area contributed by atoms with Gasteiger partial charge in [0.2, 0.25) is 0 Å². The van der Waals surface area contributed by atoms with Crippen molar-refractivity contribution in [1.29, 1.82) is 0 Å². The molecule has 0 bridgehead atoms. The van der Waals surface area contributed by atoms with Gasteiger partial charge in [0.15, 0.2) is 0 Å². The Labute approximate surface area is 98.8 Å². The minimum Gasteiger partial charge on any atom is -0.239 e. The van der Waals surface area contributed by atoms with Crippen LogP contribution in [0.2, 0.25) is 0 Å². The average molecular weight is 263 g/mol. The Kier molecular flexibility index (Phi) is 2.75. The van der Waals surface area contributed by atoms with Gasteiger partial charge >= 0.3 is 0 Å². The van der Waals surface area contributed by atoms with Crippen molar-refractivity contribution < 1.29 is 12.8 Å². The molecule has 16 heavy (non-hydrogen) atoms. The minimum absolute atomic E-state index is 0.0867. The molecule has 88 valence electrons. The van der Waals surface area contributed by atoms with Crippen LogP contribution < -0.4 is 0 Å². The zero-order valence-corrected chi connectivity index (χ0v) is 10.4. The zero-order valence-electron chi connectivity index (χ0n) is 8.83. The highest BCUT2D eigenvalue weighted by Gasteiger charge is 2.36. The van der Waals surface area contributed by atoms with E-state index in [1.54, 1.807) is 12.1 Å². The lowest BCUT2D eigenvalue weighted by Crippen LogP contribution is -2.24. The molecule has 5 heteroatoms. The number of rotatable bonds is 1. The van der Waals surface area contributed by atoms with Crippen LogP contribution in [0.25, 0.3) is 0 Å². The molecule has 2 nitrogen and oxygen atoms in total. The van der Waals surface area contributed by atoms with Gasteiger partial charge in [-0.15, -0.1) is 0 Å². The maximum Gasteiger partial charge on any atom is 0.261 e. The molecule has 1 aliphatic rings. The van der Waals surface area contributed by atoms with Gasteiger partial charge in [-0.3, -0.25) is 0 Å². The molecule has 0 radical (unpaired) electrons. The van der Waals surface area contributed by atoms with Gasteiger partial charge < -0.3 is 0 Å². The summed E-state index contributed by atoms with van der Waals surface area (Å²) in [4.78, 5) is -0.0867. The monoisotopic (exact) mass is 262 g/mol. The molecule has 0 amide bonds. The normalized spacial score (nSPS) is 25.2.